The molecule has 32 heavy (non-hydrogen) atoms. The van der Waals surface area contributed by atoms with Gasteiger partial charge in [0.1, 0.15) is 23.2 Å². The number of hydrogen-bond donors (Lipinski definition) is 0. The molecule has 0 unspecified atom stereocenters. The molecule has 1 saturated heterocycles. The fourth-order valence-electron chi connectivity index (χ4n) is 3.69. The maximum Gasteiger partial charge on any atom is 0.266 e. The largest absolute Gasteiger partial charge is 0.486 e. The molecule has 0 saturated carbocycles. The Morgan fingerprint density at radius 2 is 1.84 bits per heavy atom. The minimum atomic E-state index is -0.0735. The third-order valence-corrected chi connectivity index (χ3v) is 6.54. The van der Waals surface area contributed by atoms with Gasteiger partial charge in [0.15, 0.2) is 11.5 Å². The number of aromatic nitrogens is 2. The molecule has 2 aromatic carbocycles. The number of carbonyl (C=O) groups is 1. The van der Waals surface area contributed by atoms with Crippen molar-refractivity contribution in [3.05, 3.63) is 65.2 Å². The predicted molar refractivity (Wildman–Crippen MR) is 130 cm³/mol. The van der Waals surface area contributed by atoms with Crippen molar-refractivity contribution in [1.82, 2.24) is 14.7 Å². The molecule has 0 atom stereocenters. The zero-order valence-electron chi connectivity index (χ0n) is 17.6. The van der Waals surface area contributed by atoms with Crippen molar-refractivity contribution < 1.29 is 14.3 Å². The summed E-state index contributed by atoms with van der Waals surface area (Å²) < 4.78 is 13.8. The van der Waals surface area contributed by atoms with Crippen molar-refractivity contribution >= 4 is 40.3 Å². The van der Waals surface area contributed by atoms with Crippen LogP contribution in [0.2, 0.25) is 0 Å². The van der Waals surface area contributed by atoms with E-state index in [1.165, 1.54) is 11.8 Å². The lowest BCUT2D eigenvalue weighted by molar-refractivity contribution is -0.123. The summed E-state index contributed by atoms with van der Waals surface area (Å²) in [4.78, 5) is 15.2. The molecule has 8 heteroatoms. The summed E-state index contributed by atoms with van der Waals surface area (Å²) in [5.74, 6) is 1.34. The molecular formula is C24H21N3O3S2. The molecule has 3 aromatic rings. The number of hydrogen-bond acceptors (Lipinski definition) is 6. The molecule has 3 heterocycles. The van der Waals surface area contributed by atoms with Gasteiger partial charge in [-0.3, -0.25) is 9.69 Å². The van der Waals surface area contributed by atoms with E-state index in [4.69, 9.17) is 26.8 Å². The first kappa shape index (κ1) is 20.8. The van der Waals surface area contributed by atoms with Gasteiger partial charge in [-0.2, -0.15) is 5.10 Å². The van der Waals surface area contributed by atoms with E-state index in [1.807, 2.05) is 79.3 Å². The molecule has 0 aliphatic carbocycles. The summed E-state index contributed by atoms with van der Waals surface area (Å²) >= 11 is 6.76. The van der Waals surface area contributed by atoms with Crippen LogP contribution >= 0.6 is 24.0 Å². The van der Waals surface area contributed by atoms with Crippen molar-refractivity contribution in [2.45, 2.75) is 19.9 Å². The van der Waals surface area contributed by atoms with E-state index in [0.29, 0.717) is 28.2 Å². The van der Waals surface area contributed by atoms with Gasteiger partial charge in [-0.05, 0) is 50.3 Å². The number of para-hydroxylation sites is 1. The molecule has 2 aliphatic heterocycles. The van der Waals surface area contributed by atoms with Crippen molar-refractivity contribution in [1.29, 1.82) is 0 Å². The van der Waals surface area contributed by atoms with Crippen LogP contribution in [0.5, 0.6) is 11.5 Å². The molecule has 1 aromatic heterocycles. The van der Waals surface area contributed by atoms with E-state index in [-0.39, 0.29) is 11.9 Å². The normalized spacial score (nSPS) is 17.0. The van der Waals surface area contributed by atoms with Crippen LogP contribution in [-0.4, -0.2) is 44.2 Å². The van der Waals surface area contributed by atoms with Gasteiger partial charge < -0.3 is 9.47 Å². The van der Waals surface area contributed by atoms with Gasteiger partial charge >= 0.3 is 0 Å². The number of amides is 1. The molecule has 162 valence electrons. The SMILES string of the molecule is CC(C)N1C(=O)/C(=C\c2cn(-c3ccccc3)nc2-c2ccc3c(c2)OCCO3)SC1=S. The average Bonchev–Trinajstić information content (AvgIpc) is 3.34. The number of thioether (sulfide) groups is 1. The van der Waals surface area contributed by atoms with Crippen molar-refractivity contribution in [2.24, 2.45) is 0 Å². The van der Waals surface area contributed by atoms with Crippen LogP contribution < -0.4 is 9.47 Å². The van der Waals surface area contributed by atoms with E-state index in [1.54, 1.807) is 4.90 Å². The van der Waals surface area contributed by atoms with Gasteiger partial charge in [0.2, 0.25) is 0 Å². The quantitative estimate of drug-likeness (QED) is 0.404. The topological polar surface area (TPSA) is 56.6 Å². The number of ether oxygens (including phenoxy) is 2. The van der Waals surface area contributed by atoms with Gasteiger partial charge in [0.25, 0.3) is 5.91 Å². The second-order valence-corrected chi connectivity index (χ2v) is 9.39. The fraction of sp³-hybridized carbons (Fsp3) is 0.208. The zero-order chi connectivity index (χ0) is 22.2. The smallest absolute Gasteiger partial charge is 0.266 e. The van der Waals surface area contributed by atoms with Crippen LogP contribution in [0, 0.1) is 0 Å². The van der Waals surface area contributed by atoms with Crippen LogP contribution in [0.15, 0.2) is 59.6 Å². The van der Waals surface area contributed by atoms with E-state index in [2.05, 4.69) is 0 Å². The van der Waals surface area contributed by atoms with Crippen molar-refractivity contribution in [2.75, 3.05) is 13.2 Å². The van der Waals surface area contributed by atoms with E-state index in [9.17, 15) is 4.79 Å². The minimum absolute atomic E-state index is 0.0118. The maximum absolute atomic E-state index is 13.0. The molecule has 2 aliphatic rings. The average molecular weight is 464 g/mol. The van der Waals surface area contributed by atoms with Gasteiger partial charge in [0.05, 0.1) is 10.6 Å². The highest BCUT2D eigenvalue weighted by atomic mass is 32.2. The molecule has 1 amide bonds. The lowest BCUT2D eigenvalue weighted by Gasteiger charge is -2.18. The minimum Gasteiger partial charge on any atom is -0.486 e. The van der Waals surface area contributed by atoms with Crippen LogP contribution in [0.1, 0.15) is 19.4 Å². The van der Waals surface area contributed by atoms with Gasteiger partial charge in [-0.25, -0.2) is 4.68 Å². The van der Waals surface area contributed by atoms with Crippen LogP contribution in [0.4, 0.5) is 0 Å². The summed E-state index contributed by atoms with van der Waals surface area (Å²) in [6.45, 7) is 4.97. The maximum atomic E-state index is 13.0. The van der Waals surface area contributed by atoms with E-state index >= 15 is 0 Å². The highest BCUT2D eigenvalue weighted by Crippen LogP contribution is 2.38. The summed E-state index contributed by atoms with van der Waals surface area (Å²) in [5.41, 5.74) is 3.39. The first-order chi connectivity index (χ1) is 15.5. The molecule has 0 bridgehead atoms. The van der Waals surface area contributed by atoms with Crippen LogP contribution in [0.25, 0.3) is 23.0 Å². The molecule has 5 rings (SSSR count). The molecule has 6 nitrogen and oxygen atoms in total. The molecule has 0 spiro atoms. The summed E-state index contributed by atoms with van der Waals surface area (Å²) in [6, 6.07) is 15.7. The molecule has 1 fully saturated rings. The first-order valence-corrected chi connectivity index (χ1v) is 11.6. The molecule has 0 N–H and O–H groups in total. The Morgan fingerprint density at radius 3 is 2.56 bits per heavy atom. The van der Waals surface area contributed by atoms with Crippen molar-refractivity contribution in [3.63, 3.8) is 0 Å². The van der Waals surface area contributed by atoms with Gasteiger partial charge in [-0.1, -0.05) is 42.2 Å². The van der Waals surface area contributed by atoms with Crippen LogP contribution in [-0.2, 0) is 4.79 Å². The summed E-state index contributed by atoms with van der Waals surface area (Å²) in [7, 11) is 0. The lowest BCUT2D eigenvalue weighted by atomic mass is 10.1. The third-order valence-electron chi connectivity index (χ3n) is 5.21. The van der Waals surface area contributed by atoms with E-state index < -0.39 is 0 Å². The van der Waals surface area contributed by atoms with Gasteiger partial charge in [0, 0.05) is 23.4 Å². The monoisotopic (exact) mass is 463 g/mol. The number of nitrogens with zero attached hydrogens (tertiary/aromatic N) is 3. The Kier molecular flexibility index (Phi) is 5.48. The number of fused-ring (bicyclic) bond motifs is 1. The zero-order valence-corrected chi connectivity index (χ0v) is 19.3. The Bertz CT molecular complexity index is 1230. The summed E-state index contributed by atoms with van der Waals surface area (Å²) in [6.07, 6.45) is 3.81. The van der Waals surface area contributed by atoms with Crippen molar-refractivity contribution in [3.8, 4) is 28.4 Å². The van der Waals surface area contributed by atoms with Crippen LogP contribution in [0.3, 0.4) is 0 Å². The Morgan fingerprint density at radius 1 is 1.09 bits per heavy atom. The Hall–Kier alpha value is -3.10. The highest BCUT2D eigenvalue weighted by Gasteiger charge is 2.34. The number of carbonyl (C=O) groups excluding carboxylic acids is 1. The second kappa shape index (κ2) is 8.44. The number of benzene rings is 2. The second-order valence-electron chi connectivity index (χ2n) is 7.72. The van der Waals surface area contributed by atoms with Gasteiger partial charge in [-0.15, -0.1) is 0 Å². The number of thiocarbonyl (C=S) groups is 1. The standard InChI is InChI=1S/C24H21N3O3S2/c1-15(2)27-23(28)21(32-24(27)31)13-17-14-26(18-6-4-3-5-7-18)25-22(17)16-8-9-19-20(12-16)30-11-10-29-19/h3-9,12-15H,10-11H2,1-2H3/b21-13+. The Labute approximate surface area is 195 Å². The van der Waals surface area contributed by atoms with E-state index in [0.717, 1.165) is 28.3 Å². The third kappa shape index (κ3) is 3.80. The highest BCUT2D eigenvalue weighted by molar-refractivity contribution is 8.26. The fourth-order valence-corrected chi connectivity index (χ4v) is 5.20. The predicted octanol–water partition coefficient (Wildman–Crippen LogP) is 4.92. The Balaban J connectivity index is 1.61. The number of rotatable bonds is 4. The molecule has 0 radical (unpaired) electrons. The summed E-state index contributed by atoms with van der Waals surface area (Å²) in [5, 5.41) is 4.85. The first-order valence-electron chi connectivity index (χ1n) is 10.3. The lowest BCUT2D eigenvalue weighted by Crippen LogP contribution is -2.34. The molecular weight excluding hydrogens is 442 g/mol.